The first-order valence-corrected chi connectivity index (χ1v) is 8.61. The molecule has 0 amide bonds. The normalized spacial score (nSPS) is 37.9. The molecule has 5 heteroatoms. The van der Waals surface area contributed by atoms with Crippen molar-refractivity contribution in [3.63, 3.8) is 0 Å². The lowest BCUT2D eigenvalue weighted by Crippen LogP contribution is -2.54. The number of hydrogen-bond donors (Lipinski definition) is 1. The van der Waals surface area contributed by atoms with Crippen molar-refractivity contribution in [2.75, 3.05) is 0 Å². The summed E-state index contributed by atoms with van der Waals surface area (Å²) in [5, 5.41) is 9.13. The second-order valence-corrected chi connectivity index (χ2v) is 8.34. The zero-order valence-corrected chi connectivity index (χ0v) is 13.8. The molecule has 1 aromatic rings. The summed E-state index contributed by atoms with van der Waals surface area (Å²) in [6, 6.07) is 2.27. The van der Waals surface area contributed by atoms with Gasteiger partial charge in [-0.2, -0.15) is 0 Å². The van der Waals surface area contributed by atoms with Crippen LogP contribution < -0.4 is 4.74 Å². The minimum Gasteiger partial charge on any atom is -0.488 e. The largest absolute Gasteiger partial charge is 0.488 e. The van der Waals surface area contributed by atoms with Gasteiger partial charge in [0.2, 0.25) is 0 Å². The number of carboxylic acids is 1. The van der Waals surface area contributed by atoms with E-state index in [1.165, 1.54) is 19.3 Å². The Morgan fingerprint density at radius 3 is 2.52 bits per heavy atom. The molecule has 0 heterocycles. The molecule has 0 spiro atoms. The minimum absolute atomic E-state index is 0.0761. The third-order valence-corrected chi connectivity index (χ3v) is 6.30. The van der Waals surface area contributed by atoms with Crippen LogP contribution in [0.15, 0.2) is 12.1 Å². The van der Waals surface area contributed by atoms with Crippen LogP contribution >= 0.6 is 11.6 Å². The van der Waals surface area contributed by atoms with Crippen molar-refractivity contribution in [3.8, 4) is 5.75 Å². The van der Waals surface area contributed by atoms with Gasteiger partial charge in [-0.1, -0.05) is 18.5 Å². The molecule has 1 N–H and O–H groups in total. The SMILES string of the molecule is CC12CC3CC(C1)C(Oc1cc(F)c(C(=O)O)cc1Cl)C(C3)C2. The van der Waals surface area contributed by atoms with Crippen molar-refractivity contribution >= 4 is 17.6 Å². The number of carboxylic acid groups (broad SMARTS) is 1. The van der Waals surface area contributed by atoms with Crippen molar-refractivity contribution in [3.05, 3.63) is 28.5 Å². The van der Waals surface area contributed by atoms with Crippen LogP contribution in [-0.4, -0.2) is 17.2 Å². The molecule has 124 valence electrons. The van der Waals surface area contributed by atoms with Crippen molar-refractivity contribution in [1.82, 2.24) is 0 Å². The maximum atomic E-state index is 13.9. The molecule has 5 rings (SSSR count). The maximum Gasteiger partial charge on any atom is 0.338 e. The van der Waals surface area contributed by atoms with Crippen molar-refractivity contribution in [1.29, 1.82) is 0 Å². The highest BCUT2D eigenvalue weighted by Crippen LogP contribution is 2.60. The first-order chi connectivity index (χ1) is 10.8. The van der Waals surface area contributed by atoms with Gasteiger partial charge in [0.25, 0.3) is 0 Å². The summed E-state index contributed by atoms with van der Waals surface area (Å²) in [7, 11) is 0. The zero-order valence-electron chi connectivity index (χ0n) is 13.0. The summed E-state index contributed by atoms with van der Waals surface area (Å²) in [6.45, 7) is 2.38. The Morgan fingerprint density at radius 2 is 1.96 bits per heavy atom. The average Bonchev–Trinajstić information content (AvgIpc) is 2.43. The summed E-state index contributed by atoms with van der Waals surface area (Å²) in [5.41, 5.74) is 0.0263. The van der Waals surface area contributed by atoms with E-state index in [0.29, 0.717) is 17.3 Å². The molecule has 0 aromatic heterocycles. The smallest absolute Gasteiger partial charge is 0.338 e. The molecular formula is C18H20ClFO3. The van der Waals surface area contributed by atoms with Crippen LogP contribution in [0.4, 0.5) is 4.39 Å². The standard InChI is InChI=1S/C18H20ClFO3/c1-18-6-9-2-10(7-18)16(11(3-9)8-18)23-15-5-14(20)12(17(21)22)4-13(15)19/h4-5,9-11,16H,2-3,6-8H2,1H3,(H,21,22). The number of ether oxygens (including phenoxy) is 1. The monoisotopic (exact) mass is 338 g/mol. The van der Waals surface area contributed by atoms with Gasteiger partial charge in [-0.25, -0.2) is 9.18 Å². The molecule has 4 aliphatic rings. The van der Waals surface area contributed by atoms with Gasteiger partial charge in [0.05, 0.1) is 10.6 Å². The van der Waals surface area contributed by atoms with E-state index in [4.69, 9.17) is 21.4 Å². The Bertz CT molecular complexity index is 658. The van der Waals surface area contributed by atoms with Crippen LogP contribution in [0.3, 0.4) is 0 Å². The summed E-state index contributed by atoms with van der Waals surface area (Å²) >= 11 is 6.13. The van der Waals surface area contributed by atoms with Gasteiger partial charge in [0.15, 0.2) is 0 Å². The van der Waals surface area contributed by atoms with Crippen molar-refractivity contribution in [2.45, 2.75) is 45.1 Å². The quantitative estimate of drug-likeness (QED) is 0.863. The summed E-state index contributed by atoms with van der Waals surface area (Å²) in [4.78, 5) is 11.0. The topological polar surface area (TPSA) is 46.5 Å². The van der Waals surface area contributed by atoms with E-state index in [2.05, 4.69) is 6.92 Å². The fraction of sp³-hybridized carbons (Fsp3) is 0.611. The highest BCUT2D eigenvalue weighted by Gasteiger charge is 2.54. The number of carbonyl (C=O) groups is 1. The maximum absolute atomic E-state index is 13.9. The summed E-state index contributed by atoms with van der Waals surface area (Å²) < 4.78 is 20.1. The molecule has 4 fully saturated rings. The summed E-state index contributed by atoms with van der Waals surface area (Å²) in [6.07, 6.45) is 6.10. The molecule has 1 aromatic carbocycles. The van der Waals surface area contributed by atoms with Gasteiger partial charge in [-0.05, 0) is 61.3 Å². The number of benzene rings is 1. The molecule has 4 aliphatic carbocycles. The molecule has 2 unspecified atom stereocenters. The molecule has 0 aliphatic heterocycles. The van der Waals surface area contributed by atoms with Gasteiger partial charge in [-0.3, -0.25) is 0 Å². The average molecular weight is 339 g/mol. The molecule has 2 atom stereocenters. The molecule has 23 heavy (non-hydrogen) atoms. The molecule has 0 saturated heterocycles. The minimum atomic E-state index is -1.32. The van der Waals surface area contributed by atoms with Gasteiger partial charge in [0, 0.05) is 6.07 Å². The Hall–Kier alpha value is -1.29. The van der Waals surface area contributed by atoms with E-state index in [1.807, 2.05) is 0 Å². The van der Waals surface area contributed by atoms with Crippen LogP contribution in [0.25, 0.3) is 0 Å². The van der Waals surface area contributed by atoms with E-state index in [1.54, 1.807) is 0 Å². The van der Waals surface area contributed by atoms with E-state index in [-0.39, 0.29) is 16.9 Å². The van der Waals surface area contributed by atoms with Crippen LogP contribution in [-0.2, 0) is 0 Å². The molecule has 3 nitrogen and oxygen atoms in total. The Morgan fingerprint density at radius 1 is 1.30 bits per heavy atom. The molecule has 0 radical (unpaired) electrons. The molecule has 4 bridgehead atoms. The third-order valence-electron chi connectivity index (χ3n) is 6.01. The Balaban J connectivity index is 1.60. The number of halogens is 2. The highest BCUT2D eigenvalue weighted by molar-refractivity contribution is 6.32. The molecular weight excluding hydrogens is 319 g/mol. The summed E-state index contributed by atoms with van der Waals surface area (Å²) in [5.74, 6) is -0.0315. The number of aromatic carboxylic acids is 1. The second-order valence-electron chi connectivity index (χ2n) is 7.93. The fourth-order valence-electron chi connectivity index (χ4n) is 5.51. The van der Waals surface area contributed by atoms with Crippen LogP contribution in [0, 0.1) is 29.0 Å². The lowest BCUT2D eigenvalue weighted by Gasteiger charge is -2.58. The van der Waals surface area contributed by atoms with Gasteiger partial charge in [-0.15, -0.1) is 0 Å². The van der Waals surface area contributed by atoms with E-state index in [0.717, 1.165) is 30.9 Å². The molecule has 4 saturated carbocycles. The number of rotatable bonds is 3. The zero-order chi connectivity index (χ0) is 16.4. The van der Waals surface area contributed by atoms with E-state index >= 15 is 0 Å². The highest BCUT2D eigenvalue weighted by atomic mass is 35.5. The lowest BCUT2D eigenvalue weighted by atomic mass is 9.49. The van der Waals surface area contributed by atoms with Crippen LogP contribution in [0.2, 0.25) is 5.02 Å². The fourth-order valence-corrected chi connectivity index (χ4v) is 5.71. The number of hydrogen-bond acceptors (Lipinski definition) is 2. The van der Waals surface area contributed by atoms with E-state index < -0.39 is 17.3 Å². The second kappa shape index (κ2) is 5.10. The Kier molecular flexibility index (Phi) is 3.38. The third kappa shape index (κ3) is 2.51. The first kappa shape index (κ1) is 15.3. The van der Waals surface area contributed by atoms with Crippen molar-refractivity contribution in [2.24, 2.45) is 23.2 Å². The predicted octanol–water partition coefficient (Wildman–Crippen LogP) is 4.77. The lowest BCUT2D eigenvalue weighted by molar-refractivity contribution is -0.117. The van der Waals surface area contributed by atoms with Gasteiger partial charge >= 0.3 is 5.97 Å². The van der Waals surface area contributed by atoms with Crippen LogP contribution in [0.5, 0.6) is 5.75 Å². The van der Waals surface area contributed by atoms with Gasteiger partial charge < -0.3 is 9.84 Å². The van der Waals surface area contributed by atoms with Gasteiger partial charge in [0.1, 0.15) is 17.7 Å². The Labute approximate surface area is 139 Å². The first-order valence-electron chi connectivity index (χ1n) is 8.24. The predicted molar refractivity (Wildman–Crippen MR) is 84.4 cm³/mol. The van der Waals surface area contributed by atoms with Crippen LogP contribution in [0.1, 0.15) is 49.4 Å². The van der Waals surface area contributed by atoms with E-state index in [9.17, 15) is 9.18 Å². The van der Waals surface area contributed by atoms with Crippen molar-refractivity contribution < 1.29 is 19.0 Å².